The maximum absolute atomic E-state index is 5.24. The second kappa shape index (κ2) is 5.42. The molecule has 0 saturated heterocycles. The standard InChI is InChI=1S/C8H17NO/c1-7(2)9-5-6-10-8(3)4/h5,7-8H,6H2,1-4H3. The lowest BCUT2D eigenvalue weighted by atomic mass is 10.4. The van der Waals surface area contributed by atoms with E-state index in [1.54, 1.807) is 0 Å². The fourth-order valence-corrected chi connectivity index (χ4v) is 0.489. The fraction of sp³-hybridized carbons (Fsp3) is 0.875. The lowest BCUT2D eigenvalue weighted by Crippen LogP contribution is -2.05. The summed E-state index contributed by atoms with van der Waals surface area (Å²) in [6.45, 7) is 8.76. The van der Waals surface area contributed by atoms with E-state index in [1.807, 2.05) is 33.9 Å². The zero-order valence-corrected chi connectivity index (χ0v) is 7.29. The molecule has 2 nitrogen and oxygen atoms in total. The van der Waals surface area contributed by atoms with Crippen LogP contribution in [0.2, 0.25) is 0 Å². The topological polar surface area (TPSA) is 21.6 Å². The molecule has 0 bridgehead atoms. The Balaban J connectivity index is 3.19. The molecule has 0 aromatic heterocycles. The second-order valence-electron chi connectivity index (χ2n) is 2.81. The zero-order valence-electron chi connectivity index (χ0n) is 7.29. The summed E-state index contributed by atoms with van der Waals surface area (Å²) in [6.07, 6.45) is 2.13. The Morgan fingerprint density at radius 1 is 1.30 bits per heavy atom. The Morgan fingerprint density at radius 2 is 1.90 bits per heavy atom. The van der Waals surface area contributed by atoms with Crippen molar-refractivity contribution >= 4 is 6.21 Å². The zero-order chi connectivity index (χ0) is 7.98. The van der Waals surface area contributed by atoms with Crippen molar-refractivity contribution in [2.24, 2.45) is 4.99 Å². The molecule has 0 aliphatic heterocycles. The summed E-state index contributed by atoms with van der Waals surface area (Å²) in [6, 6.07) is 0.385. The first-order valence-electron chi connectivity index (χ1n) is 3.76. The van der Waals surface area contributed by atoms with Gasteiger partial charge >= 0.3 is 0 Å². The summed E-state index contributed by atoms with van der Waals surface area (Å²) >= 11 is 0. The highest BCUT2D eigenvalue weighted by atomic mass is 16.5. The Kier molecular flexibility index (Phi) is 5.22. The minimum absolute atomic E-state index is 0.304. The molecule has 0 atom stereocenters. The summed E-state index contributed by atoms with van der Waals surface area (Å²) < 4.78 is 5.24. The van der Waals surface area contributed by atoms with Crippen LogP contribution in [0.3, 0.4) is 0 Å². The highest BCUT2D eigenvalue weighted by Crippen LogP contribution is 1.86. The average Bonchev–Trinajstić information content (AvgIpc) is 1.79. The molecule has 0 aromatic rings. The molecule has 0 N–H and O–H groups in total. The molecular formula is C8H17NO. The predicted octanol–water partition coefficient (Wildman–Crippen LogP) is 1.89. The van der Waals surface area contributed by atoms with Gasteiger partial charge in [-0.05, 0) is 27.7 Å². The first-order chi connectivity index (χ1) is 4.63. The SMILES string of the molecule is CC(C)N=CCOC(C)C. The molecule has 0 spiro atoms. The number of rotatable bonds is 4. The van der Waals surface area contributed by atoms with Crippen LogP contribution in [-0.4, -0.2) is 25.0 Å². The van der Waals surface area contributed by atoms with E-state index in [0.29, 0.717) is 18.8 Å². The first-order valence-corrected chi connectivity index (χ1v) is 3.76. The summed E-state index contributed by atoms with van der Waals surface area (Å²) in [5.41, 5.74) is 0. The van der Waals surface area contributed by atoms with Gasteiger partial charge in [-0.15, -0.1) is 0 Å². The van der Waals surface area contributed by atoms with Gasteiger partial charge in [0.2, 0.25) is 0 Å². The van der Waals surface area contributed by atoms with Gasteiger partial charge in [-0.2, -0.15) is 0 Å². The second-order valence-corrected chi connectivity index (χ2v) is 2.81. The third-order valence-corrected chi connectivity index (χ3v) is 0.908. The fourth-order valence-electron chi connectivity index (χ4n) is 0.489. The molecule has 60 valence electrons. The van der Waals surface area contributed by atoms with Gasteiger partial charge in [0.1, 0.15) is 0 Å². The molecule has 10 heavy (non-hydrogen) atoms. The summed E-state index contributed by atoms with van der Waals surface area (Å²) in [5, 5.41) is 0. The monoisotopic (exact) mass is 143 g/mol. The Hall–Kier alpha value is -0.370. The minimum atomic E-state index is 0.304. The number of ether oxygens (including phenoxy) is 1. The Bertz CT molecular complexity index is 97.4. The lowest BCUT2D eigenvalue weighted by molar-refractivity contribution is 0.112. The average molecular weight is 143 g/mol. The minimum Gasteiger partial charge on any atom is -0.373 e. The molecule has 0 aromatic carbocycles. The summed E-state index contributed by atoms with van der Waals surface area (Å²) in [5.74, 6) is 0. The van der Waals surface area contributed by atoms with E-state index >= 15 is 0 Å². The van der Waals surface area contributed by atoms with Crippen molar-refractivity contribution in [3.8, 4) is 0 Å². The van der Waals surface area contributed by atoms with Crippen molar-refractivity contribution < 1.29 is 4.74 Å². The van der Waals surface area contributed by atoms with Crippen LogP contribution in [0.15, 0.2) is 4.99 Å². The van der Waals surface area contributed by atoms with E-state index in [1.165, 1.54) is 0 Å². The number of aliphatic imine (C=N–C) groups is 1. The van der Waals surface area contributed by atoms with Crippen LogP contribution < -0.4 is 0 Å². The van der Waals surface area contributed by atoms with Crippen LogP contribution >= 0.6 is 0 Å². The van der Waals surface area contributed by atoms with Crippen LogP contribution in [0, 0.1) is 0 Å². The Labute approximate surface area is 63.3 Å². The van der Waals surface area contributed by atoms with Crippen LogP contribution in [0.5, 0.6) is 0 Å². The molecule has 0 aliphatic carbocycles. The third-order valence-electron chi connectivity index (χ3n) is 0.908. The van der Waals surface area contributed by atoms with Gasteiger partial charge in [0.25, 0.3) is 0 Å². The molecule has 0 amide bonds. The van der Waals surface area contributed by atoms with Crippen LogP contribution in [0.1, 0.15) is 27.7 Å². The predicted molar refractivity (Wildman–Crippen MR) is 44.7 cm³/mol. The molecule has 2 heteroatoms. The maximum Gasteiger partial charge on any atom is 0.0817 e. The van der Waals surface area contributed by atoms with Gasteiger partial charge in [0, 0.05) is 12.3 Å². The van der Waals surface area contributed by atoms with Crippen molar-refractivity contribution in [2.75, 3.05) is 6.61 Å². The van der Waals surface area contributed by atoms with E-state index in [-0.39, 0.29) is 0 Å². The van der Waals surface area contributed by atoms with Gasteiger partial charge in [-0.3, -0.25) is 4.99 Å². The molecule has 0 fully saturated rings. The summed E-state index contributed by atoms with van der Waals surface area (Å²) in [4.78, 5) is 4.15. The van der Waals surface area contributed by atoms with Gasteiger partial charge in [0.05, 0.1) is 12.7 Å². The van der Waals surface area contributed by atoms with E-state index in [2.05, 4.69) is 4.99 Å². The molecule has 0 radical (unpaired) electrons. The highest BCUT2D eigenvalue weighted by Gasteiger charge is 1.88. The van der Waals surface area contributed by atoms with E-state index in [0.717, 1.165) is 0 Å². The van der Waals surface area contributed by atoms with E-state index in [9.17, 15) is 0 Å². The van der Waals surface area contributed by atoms with Crippen LogP contribution in [0.4, 0.5) is 0 Å². The molecule has 0 saturated carbocycles. The van der Waals surface area contributed by atoms with Crippen molar-refractivity contribution in [3.05, 3.63) is 0 Å². The van der Waals surface area contributed by atoms with Gasteiger partial charge < -0.3 is 4.74 Å². The lowest BCUT2D eigenvalue weighted by Gasteiger charge is -2.02. The molecule has 0 heterocycles. The number of hydrogen-bond acceptors (Lipinski definition) is 2. The smallest absolute Gasteiger partial charge is 0.0817 e. The molecule has 0 rings (SSSR count). The van der Waals surface area contributed by atoms with E-state index < -0.39 is 0 Å². The molecule has 0 aliphatic rings. The van der Waals surface area contributed by atoms with Crippen molar-refractivity contribution in [1.82, 2.24) is 0 Å². The first kappa shape index (κ1) is 9.63. The summed E-state index contributed by atoms with van der Waals surface area (Å²) in [7, 11) is 0. The van der Waals surface area contributed by atoms with Crippen molar-refractivity contribution in [2.45, 2.75) is 39.8 Å². The van der Waals surface area contributed by atoms with Gasteiger partial charge in [-0.25, -0.2) is 0 Å². The highest BCUT2D eigenvalue weighted by molar-refractivity contribution is 5.58. The van der Waals surface area contributed by atoms with Crippen molar-refractivity contribution in [1.29, 1.82) is 0 Å². The third kappa shape index (κ3) is 7.63. The van der Waals surface area contributed by atoms with E-state index in [4.69, 9.17) is 4.74 Å². The van der Waals surface area contributed by atoms with Crippen LogP contribution in [0.25, 0.3) is 0 Å². The normalized spacial score (nSPS) is 12.2. The van der Waals surface area contributed by atoms with Gasteiger partial charge in [0.15, 0.2) is 0 Å². The number of hydrogen-bond donors (Lipinski definition) is 0. The quantitative estimate of drug-likeness (QED) is 0.551. The van der Waals surface area contributed by atoms with Gasteiger partial charge in [-0.1, -0.05) is 0 Å². The number of nitrogens with zero attached hydrogens (tertiary/aromatic N) is 1. The van der Waals surface area contributed by atoms with Crippen molar-refractivity contribution in [3.63, 3.8) is 0 Å². The molecular weight excluding hydrogens is 126 g/mol. The van der Waals surface area contributed by atoms with Crippen LogP contribution in [-0.2, 0) is 4.74 Å². The largest absolute Gasteiger partial charge is 0.373 e. The maximum atomic E-state index is 5.24. The Morgan fingerprint density at radius 3 is 2.30 bits per heavy atom. The molecule has 0 unspecified atom stereocenters.